The van der Waals surface area contributed by atoms with Crippen molar-refractivity contribution < 1.29 is 14.3 Å². The van der Waals surface area contributed by atoms with Crippen molar-refractivity contribution in [2.45, 2.75) is 6.42 Å². The first-order valence-corrected chi connectivity index (χ1v) is 7.24. The van der Waals surface area contributed by atoms with E-state index in [2.05, 4.69) is 24.1 Å². The maximum absolute atomic E-state index is 11.5. The van der Waals surface area contributed by atoms with E-state index in [0.29, 0.717) is 17.1 Å². The third-order valence-corrected chi connectivity index (χ3v) is 4.19. The summed E-state index contributed by atoms with van der Waals surface area (Å²) in [4.78, 5) is 13.8. The number of nitrogens with zero attached hydrogens (tertiary/aromatic N) is 1. The summed E-state index contributed by atoms with van der Waals surface area (Å²) in [6, 6.07) is 9.84. The highest BCUT2D eigenvalue weighted by atomic mass is 16.5. The predicted octanol–water partition coefficient (Wildman–Crippen LogP) is 3.18. The Kier molecular flexibility index (Phi) is 3.75. The van der Waals surface area contributed by atoms with Crippen LogP contribution in [0.25, 0.3) is 11.1 Å². The molecule has 3 rings (SSSR count). The van der Waals surface area contributed by atoms with Gasteiger partial charge in [-0.15, -0.1) is 0 Å². The molecule has 1 aliphatic rings. The molecule has 4 nitrogen and oxygen atoms in total. The molecule has 4 heteroatoms. The molecule has 1 heterocycles. The van der Waals surface area contributed by atoms with Gasteiger partial charge in [0.2, 0.25) is 0 Å². The van der Waals surface area contributed by atoms with Crippen molar-refractivity contribution in [2.75, 3.05) is 32.7 Å². The number of anilines is 1. The molecular formula is C18H19NO3. The van der Waals surface area contributed by atoms with Gasteiger partial charge in [0, 0.05) is 30.4 Å². The summed E-state index contributed by atoms with van der Waals surface area (Å²) in [5.41, 5.74) is 5.04. The van der Waals surface area contributed by atoms with Crippen molar-refractivity contribution in [1.82, 2.24) is 0 Å². The Morgan fingerprint density at radius 1 is 1.09 bits per heavy atom. The van der Waals surface area contributed by atoms with Crippen LogP contribution in [0.15, 0.2) is 30.3 Å². The van der Waals surface area contributed by atoms with Gasteiger partial charge in [0.1, 0.15) is 0 Å². The number of likely N-dealkylation sites (N-methyl/N-ethyl adjacent to an activating group) is 1. The van der Waals surface area contributed by atoms with Crippen LogP contribution in [-0.2, 0) is 6.42 Å². The number of carbonyl (C=O) groups excluding carboxylic acids is 1. The Morgan fingerprint density at radius 3 is 2.50 bits per heavy atom. The average Bonchev–Trinajstić information content (AvgIpc) is 2.95. The Hall–Kier alpha value is -2.49. The third kappa shape index (κ3) is 2.21. The Morgan fingerprint density at radius 2 is 1.82 bits per heavy atom. The summed E-state index contributed by atoms with van der Waals surface area (Å²) in [5.74, 6) is 1.19. The van der Waals surface area contributed by atoms with Gasteiger partial charge in [0.05, 0.1) is 14.2 Å². The van der Waals surface area contributed by atoms with Crippen LogP contribution >= 0.6 is 0 Å². The number of aldehydes is 1. The lowest BCUT2D eigenvalue weighted by Crippen LogP contribution is -2.13. The monoisotopic (exact) mass is 297 g/mol. The van der Waals surface area contributed by atoms with Crippen LogP contribution in [0.4, 0.5) is 5.69 Å². The maximum atomic E-state index is 11.5. The van der Waals surface area contributed by atoms with Crippen LogP contribution in [0.5, 0.6) is 11.5 Å². The first-order chi connectivity index (χ1) is 10.7. The van der Waals surface area contributed by atoms with Gasteiger partial charge in [-0.1, -0.05) is 18.2 Å². The number of rotatable bonds is 4. The number of ether oxygens (including phenoxy) is 2. The van der Waals surface area contributed by atoms with Gasteiger partial charge in [0.25, 0.3) is 0 Å². The second-order valence-corrected chi connectivity index (χ2v) is 5.40. The minimum absolute atomic E-state index is 0.564. The molecule has 0 spiro atoms. The zero-order valence-corrected chi connectivity index (χ0v) is 13.1. The Bertz CT molecular complexity index is 725. The molecule has 0 N–H and O–H groups in total. The lowest BCUT2D eigenvalue weighted by atomic mass is 9.96. The molecule has 0 fully saturated rings. The fourth-order valence-corrected chi connectivity index (χ4v) is 3.09. The molecule has 2 aromatic carbocycles. The molecule has 0 saturated carbocycles. The first-order valence-electron chi connectivity index (χ1n) is 7.24. The van der Waals surface area contributed by atoms with Crippen LogP contribution in [0, 0.1) is 0 Å². The van der Waals surface area contributed by atoms with Crippen LogP contribution in [0.1, 0.15) is 15.9 Å². The number of para-hydroxylation sites is 1. The maximum Gasteiger partial charge on any atom is 0.161 e. The molecular weight excluding hydrogens is 278 g/mol. The highest BCUT2D eigenvalue weighted by Gasteiger charge is 2.22. The molecule has 0 aliphatic carbocycles. The van der Waals surface area contributed by atoms with Gasteiger partial charge in [-0.2, -0.15) is 0 Å². The van der Waals surface area contributed by atoms with Gasteiger partial charge < -0.3 is 14.4 Å². The summed E-state index contributed by atoms with van der Waals surface area (Å²) >= 11 is 0. The summed E-state index contributed by atoms with van der Waals surface area (Å²) in [5, 5.41) is 0. The summed E-state index contributed by atoms with van der Waals surface area (Å²) in [6.07, 6.45) is 1.90. The number of carbonyl (C=O) groups is 1. The second-order valence-electron chi connectivity index (χ2n) is 5.40. The van der Waals surface area contributed by atoms with Crippen LogP contribution in [-0.4, -0.2) is 34.1 Å². The van der Waals surface area contributed by atoms with Gasteiger partial charge >= 0.3 is 0 Å². The smallest absolute Gasteiger partial charge is 0.161 e. The second kappa shape index (κ2) is 5.72. The van der Waals surface area contributed by atoms with Gasteiger partial charge in [0.15, 0.2) is 17.8 Å². The molecule has 1 aliphatic heterocycles. The van der Waals surface area contributed by atoms with Crippen molar-refractivity contribution in [1.29, 1.82) is 0 Å². The van der Waals surface area contributed by atoms with Crippen molar-refractivity contribution in [3.63, 3.8) is 0 Å². The third-order valence-electron chi connectivity index (χ3n) is 4.19. The average molecular weight is 297 g/mol. The van der Waals surface area contributed by atoms with E-state index in [1.807, 2.05) is 12.1 Å². The van der Waals surface area contributed by atoms with Crippen molar-refractivity contribution in [3.8, 4) is 22.6 Å². The minimum Gasteiger partial charge on any atom is -0.493 e. The Labute approximate surface area is 130 Å². The summed E-state index contributed by atoms with van der Waals surface area (Å²) < 4.78 is 10.7. The van der Waals surface area contributed by atoms with E-state index < -0.39 is 0 Å². The molecule has 22 heavy (non-hydrogen) atoms. The lowest BCUT2D eigenvalue weighted by Gasteiger charge is -2.19. The standard InChI is InChI=1S/C18H19NO3/c1-19-8-7-12-5-4-6-14(18(12)19)15-10-17(22-3)16(21-2)9-13(15)11-20/h4-6,9-11H,7-8H2,1-3H3. The van der Waals surface area contributed by atoms with E-state index in [1.165, 1.54) is 11.3 Å². The van der Waals surface area contributed by atoms with Crippen LogP contribution < -0.4 is 14.4 Å². The minimum atomic E-state index is 0.564. The highest BCUT2D eigenvalue weighted by Crippen LogP contribution is 2.42. The van der Waals surface area contributed by atoms with E-state index in [0.717, 1.165) is 30.4 Å². The SMILES string of the molecule is COc1cc(C=O)c(-c2cccc3c2N(C)CC3)cc1OC. The zero-order valence-electron chi connectivity index (χ0n) is 13.1. The largest absolute Gasteiger partial charge is 0.493 e. The van der Waals surface area contributed by atoms with Crippen LogP contribution in [0.2, 0.25) is 0 Å². The summed E-state index contributed by atoms with van der Waals surface area (Å²) in [6.45, 7) is 0.996. The zero-order chi connectivity index (χ0) is 15.7. The fourth-order valence-electron chi connectivity index (χ4n) is 3.09. The van der Waals surface area contributed by atoms with Crippen LogP contribution in [0.3, 0.4) is 0 Å². The lowest BCUT2D eigenvalue weighted by molar-refractivity contribution is 0.112. The molecule has 0 aromatic heterocycles. The molecule has 0 saturated heterocycles. The summed E-state index contributed by atoms with van der Waals surface area (Å²) in [7, 11) is 5.25. The number of fused-ring (bicyclic) bond motifs is 1. The topological polar surface area (TPSA) is 38.8 Å². The van der Waals surface area contributed by atoms with Gasteiger partial charge in [-0.3, -0.25) is 4.79 Å². The molecule has 114 valence electrons. The molecule has 2 aromatic rings. The van der Waals surface area contributed by atoms with E-state index in [-0.39, 0.29) is 0 Å². The number of hydrogen-bond acceptors (Lipinski definition) is 4. The predicted molar refractivity (Wildman–Crippen MR) is 87.3 cm³/mol. The quantitative estimate of drug-likeness (QED) is 0.813. The molecule has 0 bridgehead atoms. The number of hydrogen-bond donors (Lipinski definition) is 0. The number of benzene rings is 2. The van der Waals surface area contributed by atoms with Crippen molar-refractivity contribution in [3.05, 3.63) is 41.5 Å². The normalized spacial score (nSPS) is 13.0. The first kappa shape index (κ1) is 14.4. The Balaban J connectivity index is 2.25. The molecule has 0 unspecified atom stereocenters. The molecule has 0 atom stereocenters. The highest BCUT2D eigenvalue weighted by molar-refractivity contribution is 5.94. The van der Waals surface area contributed by atoms with Gasteiger partial charge in [-0.05, 0) is 29.7 Å². The van der Waals surface area contributed by atoms with E-state index in [1.54, 1.807) is 20.3 Å². The molecule has 0 amide bonds. The fraction of sp³-hybridized carbons (Fsp3) is 0.278. The molecule has 0 radical (unpaired) electrons. The van der Waals surface area contributed by atoms with E-state index in [4.69, 9.17) is 9.47 Å². The van der Waals surface area contributed by atoms with Crippen molar-refractivity contribution in [2.24, 2.45) is 0 Å². The van der Waals surface area contributed by atoms with E-state index >= 15 is 0 Å². The number of methoxy groups -OCH3 is 2. The van der Waals surface area contributed by atoms with Gasteiger partial charge in [-0.25, -0.2) is 0 Å². The van der Waals surface area contributed by atoms with Crippen molar-refractivity contribution >= 4 is 12.0 Å². The van der Waals surface area contributed by atoms with E-state index in [9.17, 15) is 4.79 Å².